The SMILES string of the molecule is CC(C)[C@@H](C)[C@@]1(C)CC1[C@@H](C)C1CCC2C3CC=C4C[C@@H](O)CC[C@]4(C)C3[C@H](O)C[C@@]21C. The van der Waals surface area contributed by atoms with E-state index in [0.717, 1.165) is 67.6 Å². The largest absolute Gasteiger partial charge is 0.393 e. The fraction of sp³-hybridized carbons (Fsp3) is 0.933. The van der Waals surface area contributed by atoms with Gasteiger partial charge < -0.3 is 10.2 Å². The number of aliphatic hydroxyl groups excluding tert-OH is 2. The van der Waals surface area contributed by atoms with Crippen molar-refractivity contribution in [2.24, 2.45) is 63.6 Å². The third kappa shape index (κ3) is 3.17. The Morgan fingerprint density at radius 1 is 0.938 bits per heavy atom. The first kappa shape index (κ1) is 23.4. The van der Waals surface area contributed by atoms with Gasteiger partial charge in [0.25, 0.3) is 0 Å². The number of allylic oxidation sites excluding steroid dienone is 1. The summed E-state index contributed by atoms with van der Waals surface area (Å²) in [6.07, 6.45) is 11.2. The van der Waals surface area contributed by atoms with Crippen LogP contribution in [0.4, 0.5) is 0 Å². The summed E-state index contributed by atoms with van der Waals surface area (Å²) < 4.78 is 0. The Morgan fingerprint density at radius 2 is 1.66 bits per heavy atom. The van der Waals surface area contributed by atoms with Crippen LogP contribution in [0.3, 0.4) is 0 Å². The molecule has 5 unspecified atom stereocenters. The van der Waals surface area contributed by atoms with Crippen molar-refractivity contribution in [3.63, 3.8) is 0 Å². The van der Waals surface area contributed by atoms with Crippen LogP contribution in [0, 0.1) is 63.6 Å². The summed E-state index contributed by atoms with van der Waals surface area (Å²) >= 11 is 0. The van der Waals surface area contributed by atoms with Gasteiger partial charge in [0.2, 0.25) is 0 Å². The number of hydrogen-bond donors (Lipinski definition) is 2. The zero-order valence-corrected chi connectivity index (χ0v) is 21.9. The molecule has 5 aliphatic carbocycles. The second-order valence-electron chi connectivity index (χ2n) is 14.2. The van der Waals surface area contributed by atoms with Crippen molar-refractivity contribution in [2.75, 3.05) is 0 Å². The van der Waals surface area contributed by atoms with Crippen LogP contribution in [-0.2, 0) is 0 Å². The molecule has 4 saturated carbocycles. The minimum Gasteiger partial charge on any atom is -0.393 e. The van der Waals surface area contributed by atoms with Crippen molar-refractivity contribution in [3.05, 3.63) is 11.6 Å². The molecular weight excluding hydrogens is 392 g/mol. The van der Waals surface area contributed by atoms with Crippen molar-refractivity contribution in [3.8, 4) is 0 Å². The zero-order valence-electron chi connectivity index (χ0n) is 21.9. The maximum absolute atomic E-state index is 11.7. The Kier molecular flexibility index (Phi) is 5.54. The molecule has 5 rings (SSSR count). The summed E-state index contributed by atoms with van der Waals surface area (Å²) in [5.74, 6) is 5.75. The number of aliphatic hydroxyl groups is 2. The first-order valence-electron chi connectivity index (χ1n) is 14.0. The molecule has 0 bridgehead atoms. The van der Waals surface area contributed by atoms with Gasteiger partial charge in [0.15, 0.2) is 0 Å². The van der Waals surface area contributed by atoms with E-state index >= 15 is 0 Å². The van der Waals surface area contributed by atoms with Crippen LogP contribution < -0.4 is 0 Å². The maximum atomic E-state index is 11.7. The number of fused-ring (bicyclic) bond motifs is 5. The predicted octanol–water partition coefficient (Wildman–Crippen LogP) is 6.85. The molecule has 2 N–H and O–H groups in total. The highest BCUT2D eigenvalue weighted by Gasteiger charge is 2.65. The van der Waals surface area contributed by atoms with Crippen molar-refractivity contribution in [2.45, 2.75) is 112 Å². The molecule has 0 radical (unpaired) electrons. The lowest BCUT2D eigenvalue weighted by Crippen LogP contribution is -2.56. The van der Waals surface area contributed by atoms with Crippen LogP contribution in [0.15, 0.2) is 11.6 Å². The van der Waals surface area contributed by atoms with Gasteiger partial charge in [-0.25, -0.2) is 0 Å². The highest BCUT2D eigenvalue weighted by Crippen LogP contribution is 2.71. The molecule has 5 aliphatic rings. The molecule has 0 aliphatic heterocycles. The maximum Gasteiger partial charge on any atom is 0.0585 e. The first-order valence-corrected chi connectivity index (χ1v) is 14.0. The highest BCUT2D eigenvalue weighted by atomic mass is 16.3. The highest BCUT2D eigenvalue weighted by molar-refractivity contribution is 5.27. The van der Waals surface area contributed by atoms with Crippen LogP contribution in [0.5, 0.6) is 0 Å². The van der Waals surface area contributed by atoms with E-state index in [1.165, 1.54) is 24.8 Å². The minimum atomic E-state index is -0.182. The Bertz CT molecular complexity index is 771. The van der Waals surface area contributed by atoms with Gasteiger partial charge in [0, 0.05) is 0 Å². The molecule has 0 spiro atoms. The van der Waals surface area contributed by atoms with E-state index in [1.807, 2.05) is 0 Å². The van der Waals surface area contributed by atoms with E-state index < -0.39 is 0 Å². The van der Waals surface area contributed by atoms with Gasteiger partial charge in [0.1, 0.15) is 0 Å². The third-order valence-corrected chi connectivity index (χ3v) is 12.7. The quantitative estimate of drug-likeness (QED) is 0.467. The molecule has 0 saturated heterocycles. The van der Waals surface area contributed by atoms with Crippen LogP contribution in [0.2, 0.25) is 0 Å². The van der Waals surface area contributed by atoms with Gasteiger partial charge in [-0.1, -0.05) is 60.1 Å². The first-order chi connectivity index (χ1) is 14.9. The molecule has 12 atom stereocenters. The molecule has 2 nitrogen and oxygen atoms in total. The minimum absolute atomic E-state index is 0.106. The van der Waals surface area contributed by atoms with E-state index in [-0.39, 0.29) is 17.6 Å². The predicted molar refractivity (Wildman–Crippen MR) is 132 cm³/mol. The summed E-state index contributed by atoms with van der Waals surface area (Å²) in [4.78, 5) is 0. The molecule has 0 heterocycles. The van der Waals surface area contributed by atoms with Gasteiger partial charge in [0.05, 0.1) is 12.2 Å². The average Bonchev–Trinajstić information content (AvgIpc) is 3.30. The van der Waals surface area contributed by atoms with Crippen LogP contribution in [0.25, 0.3) is 0 Å². The van der Waals surface area contributed by atoms with Crippen molar-refractivity contribution in [1.82, 2.24) is 0 Å². The smallest absolute Gasteiger partial charge is 0.0585 e. The van der Waals surface area contributed by atoms with E-state index in [0.29, 0.717) is 22.7 Å². The summed E-state index contributed by atoms with van der Waals surface area (Å²) in [7, 11) is 0. The standard InChI is InChI=1S/C30H50O2/c1-17(2)19(4)29(6)15-25(29)18(3)23-10-11-24-22-9-8-20-14-21(31)12-13-28(20,5)27(22)26(32)16-30(23,24)7/h8,17-19,21-27,31-32H,9-16H2,1-7H3/t18-,19+,21-,22?,23?,24?,25?,26+,27?,28-,29+,30+/m0/s1. The number of hydrogen-bond acceptors (Lipinski definition) is 2. The molecule has 0 aromatic carbocycles. The van der Waals surface area contributed by atoms with Crippen molar-refractivity contribution in [1.29, 1.82) is 0 Å². The lowest BCUT2D eigenvalue weighted by atomic mass is 9.46. The Morgan fingerprint density at radius 3 is 2.34 bits per heavy atom. The Hall–Kier alpha value is -0.340. The van der Waals surface area contributed by atoms with Crippen molar-refractivity contribution < 1.29 is 10.2 Å². The molecule has 0 aromatic rings. The van der Waals surface area contributed by atoms with Gasteiger partial charge >= 0.3 is 0 Å². The lowest BCUT2D eigenvalue weighted by molar-refractivity contribution is -0.130. The molecular formula is C30H50O2. The molecule has 32 heavy (non-hydrogen) atoms. The summed E-state index contributed by atoms with van der Waals surface area (Å²) in [5, 5.41) is 22.0. The molecule has 4 fully saturated rings. The summed E-state index contributed by atoms with van der Waals surface area (Å²) in [5.41, 5.74) is 2.38. The van der Waals surface area contributed by atoms with E-state index in [4.69, 9.17) is 0 Å². The zero-order chi connectivity index (χ0) is 23.2. The van der Waals surface area contributed by atoms with Crippen LogP contribution >= 0.6 is 0 Å². The topological polar surface area (TPSA) is 40.5 Å². The molecule has 2 heteroatoms. The monoisotopic (exact) mass is 442 g/mol. The molecule has 0 amide bonds. The molecule has 0 aromatic heterocycles. The van der Waals surface area contributed by atoms with E-state index in [9.17, 15) is 10.2 Å². The normalized spacial score (nSPS) is 54.3. The summed E-state index contributed by atoms with van der Waals surface area (Å²) in [6, 6.07) is 0. The lowest BCUT2D eigenvalue weighted by Gasteiger charge is -2.60. The van der Waals surface area contributed by atoms with Gasteiger partial charge in [-0.15, -0.1) is 0 Å². The average molecular weight is 443 g/mol. The fourth-order valence-electron chi connectivity index (χ4n) is 10.4. The Balaban J connectivity index is 1.39. The second kappa shape index (κ2) is 7.58. The van der Waals surface area contributed by atoms with Gasteiger partial charge in [-0.3, -0.25) is 0 Å². The number of rotatable bonds is 4. The second-order valence-corrected chi connectivity index (χ2v) is 14.2. The Labute approximate surface area is 197 Å². The van der Waals surface area contributed by atoms with Gasteiger partial charge in [-0.2, -0.15) is 0 Å². The van der Waals surface area contributed by atoms with E-state index in [2.05, 4.69) is 54.5 Å². The van der Waals surface area contributed by atoms with Crippen LogP contribution in [0.1, 0.15) is 99.8 Å². The summed E-state index contributed by atoms with van der Waals surface area (Å²) in [6.45, 7) is 17.4. The van der Waals surface area contributed by atoms with E-state index in [1.54, 1.807) is 0 Å². The van der Waals surface area contributed by atoms with Crippen LogP contribution in [-0.4, -0.2) is 22.4 Å². The molecule has 182 valence electrons. The third-order valence-electron chi connectivity index (χ3n) is 12.7. The van der Waals surface area contributed by atoms with Gasteiger partial charge in [-0.05, 0) is 115 Å². The fourth-order valence-corrected chi connectivity index (χ4v) is 10.4. The van der Waals surface area contributed by atoms with Crippen molar-refractivity contribution >= 4 is 0 Å².